The Kier molecular flexibility index (Phi) is 7.76. The van der Waals surface area contributed by atoms with E-state index in [0.717, 1.165) is 10.4 Å². The standard InChI is InChI=1S/C23H23N3O8S/c1-32-20-11-9-17(26(28)29)13-19(20)24-23(27)15-25(16-7-5-4-6-8-16)35(30,31)18-10-12-21(33-2)22(14-18)34-3/h4-14H,15H2,1-3H3,(H,24,27). The Balaban J connectivity index is 1.98. The van der Waals surface area contributed by atoms with Gasteiger partial charge in [-0.05, 0) is 30.3 Å². The fourth-order valence-electron chi connectivity index (χ4n) is 3.24. The number of rotatable bonds is 10. The summed E-state index contributed by atoms with van der Waals surface area (Å²) in [6.45, 7) is -0.619. The number of hydrogen-bond donors (Lipinski definition) is 1. The van der Waals surface area contributed by atoms with Crippen LogP contribution in [0.4, 0.5) is 17.1 Å². The van der Waals surface area contributed by atoms with E-state index in [0.29, 0.717) is 5.75 Å². The predicted molar refractivity (Wildman–Crippen MR) is 129 cm³/mol. The van der Waals surface area contributed by atoms with Crippen LogP contribution in [0.3, 0.4) is 0 Å². The zero-order valence-corrected chi connectivity index (χ0v) is 19.9. The van der Waals surface area contributed by atoms with Crippen molar-refractivity contribution in [2.75, 3.05) is 37.5 Å². The van der Waals surface area contributed by atoms with Gasteiger partial charge in [-0.3, -0.25) is 19.2 Å². The van der Waals surface area contributed by atoms with E-state index >= 15 is 0 Å². The third-order valence-corrected chi connectivity index (χ3v) is 6.71. The van der Waals surface area contributed by atoms with E-state index in [1.807, 2.05) is 0 Å². The minimum absolute atomic E-state index is 0.0308. The van der Waals surface area contributed by atoms with E-state index in [9.17, 15) is 23.3 Å². The van der Waals surface area contributed by atoms with Gasteiger partial charge < -0.3 is 19.5 Å². The van der Waals surface area contributed by atoms with Gasteiger partial charge in [-0.15, -0.1) is 0 Å². The molecule has 3 aromatic carbocycles. The lowest BCUT2D eigenvalue weighted by Gasteiger charge is -2.24. The van der Waals surface area contributed by atoms with Crippen LogP contribution in [-0.2, 0) is 14.8 Å². The number of amides is 1. The number of benzene rings is 3. The van der Waals surface area contributed by atoms with Crippen LogP contribution in [0.15, 0.2) is 71.6 Å². The topological polar surface area (TPSA) is 137 Å². The number of carbonyl (C=O) groups is 1. The quantitative estimate of drug-likeness (QED) is 0.329. The number of nitrogens with zero attached hydrogens (tertiary/aromatic N) is 2. The minimum atomic E-state index is -4.24. The van der Waals surface area contributed by atoms with Crippen molar-refractivity contribution in [3.05, 3.63) is 76.8 Å². The zero-order valence-electron chi connectivity index (χ0n) is 19.1. The van der Waals surface area contributed by atoms with Crippen LogP contribution in [0.1, 0.15) is 0 Å². The van der Waals surface area contributed by atoms with Crippen LogP contribution < -0.4 is 23.8 Å². The highest BCUT2D eigenvalue weighted by molar-refractivity contribution is 7.92. The van der Waals surface area contributed by atoms with E-state index < -0.39 is 27.4 Å². The molecule has 0 heterocycles. The van der Waals surface area contributed by atoms with Gasteiger partial charge in [0.1, 0.15) is 12.3 Å². The van der Waals surface area contributed by atoms with Crippen LogP contribution in [0.25, 0.3) is 0 Å². The fourth-order valence-corrected chi connectivity index (χ4v) is 4.68. The molecule has 0 radical (unpaired) electrons. The summed E-state index contributed by atoms with van der Waals surface area (Å²) in [7, 11) is -0.0935. The average molecular weight is 502 g/mol. The Morgan fingerprint density at radius 1 is 0.914 bits per heavy atom. The van der Waals surface area contributed by atoms with Crippen LogP contribution in [0.5, 0.6) is 17.2 Å². The van der Waals surface area contributed by atoms with Crippen molar-refractivity contribution in [3.8, 4) is 17.2 Å². The Hall–Kier alpha value is -4.32. The van der Waals surface area contributed by atoms with Gasteiger partial charge in [0.05, 0.1) is 42.5 Å². The van der Waals surface area contributed by atoms with Gasteiger partial charge in [-0.1, -0.05) is 18.2 Å². The van der Waals surface area contributed by atoms with Gasteiger partial charge in [-0.2, -0.15) is 0 Å². The first-order valence-electron chi connectivity index (χ1n) is 10.1. The highest BCUT2D eigenvalue weighted by Gasteiger charge is 2.29. The molecule has 35 heavy (non-hydrogen) atoms. The number of non-ortho nitro benzene ring substituents is 1. The van der Waals surface area contributed by atoms with Crippen molar-refractivity contribution in [1.82, 2.24) is 0 Å². The maximum Gasteiger partial charge on any atom is 0.271 e. The number of hydrogen-bond acceptors (Lipinski definition) is 8. The maximum absolute atomic E-state index is 13.6. The number of para-hydroxylation sites is 1. The van der Waals surface area contributed by atoms with Gasteiger partial charge >= 0.3 is 0 Å². The fraction of sp³-hybridized carbons (Fsp3) is 0.174. The molecular weight excluding hydrogens is 478 g/mol. The summed E-state index contributed by atoms with van der Waals surface area (Å²) in [5.74, 6) is -0.0183. The van der Waals surface area contributed by atoms with Crippen molar-refractivity contribution in [2.45, 2.75) is 4.90 Å². The normalized spacial score (nSPS) is 10.8. The van der Waals surface area contributed by atoms with Crippen LogP contribution in [-0.4, -0.2) is 47.1 Å². The number of sulfonamides is 1. The number of nitro benzene ring substituents is 1. The van der Waals surface area contributed by atoms with Gasteiger partial charge in [0.15, 0.2) is 11.5 Å². The molecule has 0 aliphatic heterocycles. The molecule has 3 rings (SSSR count). The van der Waals surface area contributed by atoms with Gasteiger partial charge in [0, 0.05) is 18.2 Å². The largest absolute Gasteiger partial charge is 0.495 e. The summed E-state index contributed by atoms with van der Waals surface area (Å²) in [6.07, 6.45) is 0. The Bertz CT molecular complexity index is 1330. The van der Waals surface area contributed by atoms with Crippen molar-refractivity contribution in [3.63, 3.8) is 0 Å². The summed E-state index contributed by atoms with van der Waals surface area (Å²) in [5, 5.41) is 13.6. The molecule has 184 valence electrons. The molecule has 0 saturated heterocycles. The summed E-state index contributed by atoms with van der Waals surface area (Å²) in [6, 6.07) is 15.8. The molecule has 0 aliphatic carbocycles. The molecule has 0 unspecified atom stereocenters. The van der Waals surface area contributed by atoms with E-state index in [-0.39, 0.29) is 33.5 Å². The molecule has 1 N–H and O–H groups in total. The van der Waals surface area contributed by atoms with Crippen LogP contribution in [0.2, 0.25) is 0 Å². The van der Waals surface area contributed by atoms with E-state index in [2.05, 4.69) is 5.32 Å². The molecule has 0 bridgehead atoms. The third-order valence-electron chi connectivity index (χ3n) is 4.94. The summed E-state index contributed by atoms with van der Waals surface area (Å²) in [4.78, 5) is 23.3. The smallest absolute Gasteiger partial charge is 0.271 e. The SMILES string of the molecule is COc1ccc([N+](=O)[O-])cc1NC(=O)CN(c1ccccc1)S(=O)(=O)c1ccc(OC)c(OC)c1. The zero-order chi connectivity index (χ0) is 25.6. The Morgan fingerprint density at radius 2 is 1.54 bits per heavy atom. The first-order valence-corrected chi connectivity index (χ1v) is 11.6. The van der Waals surface area contributed by atoms with Crippen LogP contribution in [0, 0.1) is 10.1 Å². The molecule has 11 nitrogen and oxygen atoms in total. The van der Waals surface area contributed by atoms with E-state index in [1.54, 1.807) is 30.3 Å². The first kappa shape index (κ1) is 25.3. The van der Waals surface area contributed by atoms with Gasteiger partial charge in [0.25, 0.3) is 15.7 Å². The molecular formula is C23H23N3O8S. The molecule has 0 saturated carbocycles. The number of ether oxygens (including phenoxy) is 3. The number of nitrogens with one attached hydrogen (secondary N) is 1. The second kappa shape index (κ2) is 10.7. The third kappa shape index (κ3) is 5.61. The predicted octanol–water partition coefficient (Wildman–Crippen LogP) is 3.45. The lowest BCUT2D eigenvalue weighted by atomic mass is 10.2. The molecule has 1 amide bonds. The Labute approximate surface area is 202 Å². The van der Waals surface area contributed by atoms with Gasteiger partial charge in [0.2, 0.25) is 5.91 Å². The second-order valence-electron chi connectivity index (χ2n) is 7.05. The molecule has 0 fully saturated rings. The summed E-state index contributed by atoms with van der Waals surface area (Å²) >= 11 is 0. The monoisotopic (exact) mass is 501 g/mol. The van der Waals surface area contributed by atoms with Crippen molar-refractivity contribution < 1.29 is 32.3 Å². The average Bonchev–Trinajstić information content (AvgIpc) is 2.87. The molecule has 0 atom stereocenters. The highest BCUT2D eigenvalue weighted by atomic mass is 32.2. The maximum atomic E-state index is 13.6. The first-order chi connectivity index (χ1) is 16.7. The van der Waals surface area contributed by atoms with Gasteiger partial charge in [-0.25, -0.2) is 8.42 Å². The van der Waals surface area contributed by atoms with E-state index in [4.69, 9.17) is 14.2 Å². The summed E-state index contributed by atoms with van der Waals surface area (Å²) < 4.78 is 43.7. The lowest BCUT2D eigenvalue weighted by Crippen LogP contribution is -2.38. The lowest BCUT2D eigenvalue weighted by molar-refractivity contribution is -0.384. The molecule has 12 heteroatoms. The van der Waals surface area contributed by atoms with Crippen molar-refractivity contribution >= 4 is 33.0 Å². The molecule has 0 spiro atoms. The summed E-state index contributed by atoms with van der Waals surface area (Å²) in [5.41, 5.74) is 0.00522. The number of carbonyl (C=O) groups excluding carboxylic acids is 1. The minimum Gasteiger partial charge on any atom is -0.495 e. The van der Waals surface area contributed by atoms with Crippen molar-refractivity contribution in [2.24, 2.45) is 0 Å². The molecule has 0 aliphatic rings. The number of methoxy groups -OCH3 is 3. The Morgan fingerprint density at radius 3 is 2.14 bits per heavy atom. The second-order valence-corrected chi connectivity index (χ2v) is 8.92. The van der Waals surface area contributed by atoms with E-state index in [1.165, 1.54) is 51.7 Å². The molecule has 0 aromatic heterocycles. The molecule has 3 aromatic rings. The number of nitro groups is 1. The number of anilines is 2. The van der Waals surface area contributed by atoms with Crippen LogP contribution >= 0.6 is 0 Å². The highest BCUT2D eigenvalue weighted by Crippen LogP contribution is 2.33. The van der Waals surface area contributed by atoms with Crippen molar-refractivity contribution in [1.29, 1.82) is 0 Å².